The molecule has 78 valence electrons. The maximum absolute atomic E-state index is 5.62. The normalized spacial score (nSPS) is 8.87. The third kappa shape index (κ3) is 5.48. The minimum absolute atomic E-state index is 0.704. The van der Waals surface area contributed by atoms with Crippen LogP contribution in [0.4, 0.5) is 0 Å². The van der Waals surface area contributed by atoms with Crippen molar-refractivity contribution in [3.63, 3.8) is 0 Å². The molecule has 1 aromatic rings. The number of benzene rings is 1. The van der Waals surface area contributed by atoms with Crippen LogP contribution < -0.4 is 4.74 Å². The fraction of sp³-hybridized carbons (Fsp3) is 0.333. The second kappa shape index (κ2) is 9.12. The molecule has 0 aromatic heterocycles. The van der Waals surface area contributed by atoms with E-state index in [0.717, 1.165) is 23.3 Å². The summed E-state index contributed by atoms with van der Waals surface area (Å²) in [5, 5.41) is 0. The predicted molar refractivity (Wildman–Crippen MR) is 64.0 cm³/mol. The summed E-state index contributed by atoms with van der Waals surface area (Å²) in [4.78, 5) is 0. The van der Waals surface area contributed by atoms with Gasteiger partial charge in [-0.1, -0.05) is 19.9 Å². The van der Waals surface area contributed by atoms with Crippen LogP contribution in [-0.2, 0) is 16.3 Å². The Labute approximate surface area is 109 Å². The van der Waals surface area contributed by atoms with Gasteiger partial charge in [-0.25, -0.2) is 0 Å². The van der Waals surface area contributed by atoms with E-state index in [-0.39, 0.29) is 0 Å². The van der Waals surface area contributed by atoms with Crippen molar-refractivity contribution in [3.8, 4) is 5.75 Å². The van der Waals surface area contributed by atoms with Crippen molar-refractivity contribution in [2.75, 3.05) is 6.61 Å². The van der Waals surface area contributed by atoms with Crippen LogP contribution in [0.1, 0.15) is 17.5 Å². The Balaban J connectivity index is 0.000000921. The summed E-state index contributed by atoms with van der Waals surface area (Å²) in [7, 11) is 0. The van der Waals surface area contributed by atoms with E-state index in [1.165, 1.54) is 16.3 Å². The summed E-state index contributed by atoms with van der Waals surface area (Å²) in [5.74, 6) is 0.987. The van der Waals surface area contributed by atoms with Gasteiger partial charge in [-0.3, -0.25) is 0 Å². The molecule has 0 aliphatic carbocycles. The van der Waals surface area contributed by atoms with Crippen molar-refractivity contribution < 1.29 is 21.1 Å². The van der Waals surface area contributed by atoms with Gasteiger partial charge in [0.25, 0.3) is 0 Å². The molecule has 0 heterocycles. The summed E-state index contributed by atoms with van der Waals surface area (Å²) in [6, 6.07) is 6.94. The molecule has 1 nitrogen and oxygen atoms in total. The molecule has 0 amide bonds. The van der Waals surface area contributed by atoms with Gasteiger partial charge >= 0.3 is 30.0 Å². The summed E-state index contributed by atoms with van der Waals surface area (Å²) >= 11 is 4.25. The Bertz CT molecular complexity index is 279. The van der Waals surface area contributed by atoms with Gasteiger partial charge < -0.3 is 4.74 Å². The molecule has 0 atom stereocenters. The monoisotopic (exact) mass is 318 g/mol. The molecular weight excluding hydrogens is 305 g/mol. The molecule has 0 aliphatic heterocycles. The zero-order valence-electron chi connectivity index (χ0n) is 9.35. The second-order valence-corrected chi connectivity index (χ2v) is 3.08. The maximum atomic E-state index is 5.62. The fourth-order valence-corrected chi connectivity index (χ4v) is 1.21. The van der Waals surface area contributed by atoms with Crippen LogP contribution in [-0.4, -0.2) is 6.61 Å². The van der Waals surface area contributed by atoms with E-state index < -0.39 is 0 Å². The minimum atomic E-state index is 0.704. The Morgan fingerprint density at radius 2 is 1.93 bits per heavy atom. The third-order valence-corrected chi connectivity index (χ3v) is 1.88. The van der Waals surface area contributed by atoms with Crippen molar-refractivity contribution >= 4 is 13.6 Å². The van der Waals surface area contributed by atoms with E-state index in [1.807, 2.05) is 32.1 Å². The van der Waals surface area contributed by atoms with E-state index in [9.17, 15) is 0 Å². The van der Waals surface area contributed by atoms with Crippen LogP contribution in [0.3, 0.4) is 0 Å². The first kappa shape index (κ1) is 14.9. The number of halogens is 1. The van der Waals surface area contributed by atoms with Crippen LogP contribution in [0.2, 0.25) is 0 Å². The molecule has 0 fully saturated rings. The quantitative estimate of drug-likeness (QED) is 0.354. The molecule has 15 heavy (non-hydrogen) atoms. The first-order valence-electron chi connectivity index (χ1n) is 4.73. The van der Waals surface area contributed by atoms with Crippen molar-refractivity contribution in [3.05, 3.63) is 42.0 Å². The van der Waals surface area contributed by atoms with E-state index in [2.05, 4.69) is 26.3 Å². The number of rotatable bonds is 4. The molecule has 0 saturated heterocycles. The van der Waals surface area contributed by atoms with Crippen molar-refractivity contribution in [2.45, 2.75) is 20.3 Å². The van der Waals surface area contributed by atoms with Gasteiger partial charge in [0.2, 0.25) is 0 Å². The van der Waals surface area contributed by atoms with E-state index in [1.54, 1.807) is 0 Å². The molecule has 0 saturated carbocycles. The average Bonchev–Trinajstić information content (AvgIpc) is 2.25. The van der Waals surface area contributed by atoms with Crippen molar-refractivity contribution in [2.24, 2.45) is 0 Å². The summed E-state index contributed by atoms with van der Waals surface area (Å²) < 4.78 is 5.62. The summed E-state index contributed by atoms with van der Waals surface area (Å²) in [6.07, 6.45) is 2.75. The van der Waals surface area contributed by atoms with Gasteiger partial charge in [-0.15, -0.1) is 17.7 Å². The molecule has 0 N–H and O–H groups in total. The molecule has 0 unspecified atom stereocenters. The molecule has 0 radical (unpaired) electrons. The molecular formula is C12H15BrOZn. The Kier molecular flexibility index (Phi) is 9.03. The first-order valence-corrected chi connectivity index (χ1v) is 11.7. The van der Waals surface area contributed by atoms with Crippen LogP contribution in [0.15, 0.2) is 24.8 Å². The standard InChI is InChI=1S/C12H15O.BrH.Zn/c1-4-5-9-13-12-10(2)7-6-8-11(12)3;;/h4,7-8H,1,5,9H2,2-3H3;1H;/q-1;;+2/p-1. The van der Waals surface area contributed by atoms with E-state index in [0.29, 0.717) is 6.61 Å². The first-order chi connectivity index (χ1) is 7.25. The van der Waals surface area contributed by atoms with Crippen LogP contribution >= 0.6 is 13.6 Å². The second-order valence-electron chi connectivity index (χ2n) is 3.08. The van der Waals surface area contributed by atoms with Gasteiger partial charge in [0, 0.05) is 5.75 Å². The Hall–Kier alpha value is -0.137. The molecule has 0 bridgehead atoms. The number of hydrogen-bond acceptors (Lipinski definition) is 1. The predicted octanol–water partition coefficient (Wildman–Crippen LogP) is 3.90. The molecule has 0 aliphatic rings. The molecule has 1 rings (SSSR count). The van der Waals surface area contributed by atoms with Crippen molar-refractivity contribution in [1.82, 2.24) is 0 Å². The van der Waals surface area contributed by atoms with Gasteiger partial charge in [0.15, 0.2) is 0 Å². The average molecular weight is 321 g/mol. The van der Waals surface area contributed by atoms with Gasteiger partial charge in [-0.05, 0) is 6.42 Å². The fourth-order valence-electron chi connectivity index (χ4n) is 1.21. The zero-order valence-corrected chi connectivity index (χ0v) is 13.9. The number of hydrogen-bond donors (Lipinski definition) is 0. The van der Waals surface area contributed by atoms with Gasteiger partial charge in [-0.2, -0.15) is 18.2 Å². The molecule has 0 spiro atoms. The summed E-state index contributed by atoms with van der Waals surface area (Å²) in [6.45, 7) is 8.42. The third-order valence-electron chi connectivity index (χ3n) is 1.88. The van der Waals surface area contributed by atoms with Crippen LogP contribution in [0.5, 0.6) is 5.75 Å². The van der Waals surface area contributed by atoms with Crippen LogP contribution in [0, 0.1) is 19.9 Å². The summed E-state index contributed by atoms with van der Waals surface area (Å²) in [5.41, 5.74) is 2.29. The Morgan fingerprint density at radius 3 is 2.40 bits per heavy atom. The zero-order chi connectivity index (χ0) is 11.7. The van der Waals surface area contributed by atoms with Crippen LogP contribution in [0.25, 0.3) is 0 Å². The number of aryl methyl sites for hydroxylation is 2. The topological polar surface area (TPSA) is 9.23 Å². The van der Waals surface area contributed by atoms with E-state index >= 15 is 0 Å². The van der Waals surface area contributed by atoms with E-state index in [4.69, 9.17) is 4.74 Å². The van der Waals surface area contributed by atoms with Gasteiger partial charge in [0.05, 0.1) is 6.61 Å². The molecule has 3 heteroatoms. The SMILES string of the molecule is C=CCCOc1c(C)c[c-]cc1C.[Zn+][Br]. The van der Waals surface area contributed by atoms with Gasteiger partial charge in [0.1, 0.15) is 0 Å². The molecule has 1 aromatic carbocycles. The van der Waals surface area contributed by atoms with Crippen molar-refractivity contribution in [1.29, 1.82) is 0 Å². The Morgan fingerprint density at radius 1 is 1.40 bits per heavy atom. The number of ether oxygens (including phenoxy) is 1.